The highest BCUT2D eigenvalue weighted by Crippen LogP contribution is 2.16. The fourth-order valence-electron chi connectivity index (χ4n) is 1.35. The van der Waals surface area contributed by atoms with Gasteiger partial charge in [-0.25, -0.2) is 0 Å². The predicted octanol–water partition coefficient (Wildman–Crippen LogP) is 1.91. The van der Waals surface area contributed by atoms with Gasteiger partial charge in [0.25, 0.3) is 5.91 Å². The number of rotatable bonds is 4. The van der Waals surface area contributed by atoms with Gasteiger partial charge in [-0.15, -0.1) is 11.3 Å². The van der Waals surface area contributed by atoms with Crippen LogP contribution in [0, 0.1) is 0 Å². The molecule has 6 heteroatoms. The highest BCUT2D eigenvalue weighted by atomic mass is 32.1. The number of carbonyl (C=O) groups excluding carboxylic acids is 1. The molecule has 0 bridgehead atoms. The molecule has 0 atom stereocenters. The third-order valence-electron chi connectivity index (χ3n) is 2.23. The predicted molar refractivity (Wildman–Crippen MR) is 74.9 cm³/mol. The highest BCUT2D eigenvalue weighted by molar-refractivity contribution is 7.80. The van der Waals surface area contributed by atoms with E-state index in [2.05, 4.69) is 12.3 Å². The molecule has 1 aromatic rings. The summed E-state index contributed by atoms with van der Waals surface area (Å²) in [6, 6.07) is 1.91. The van der Waals surface area contributed by atoms with Crippen LogP contribution in [0.25, 0.3) is 0 Å². The lowest BCUT2D eigenvalue weighted by molar-refractivity contribution is 0.0875. The number of hydrazine groups is 1. The summed E-state index contributed by atoms with van der Waals surface area (Å²) in [5, 5.41) is 3.48. The van der Waals surface area contributed by atoms with E-state index in [4.69, 9.17) is 18.0 Å². The molecule has 0 aromatic carbocycles. The van der Waals surface area contributed by atoms with Crippen LogP contribution >= 0.6 is 23.6 Å². The van der Waals surface area contributed by atoms with Crippen molar-refractivity contribution < 1.29 is 4.79 Å². The lowest BCUT2D eigenvalue weighted by Crippen LogP contribution is -2.48. The number of thiophene rings is 1. The van der Waals surface area contributed by atoms with Crippen molar-refractivity contribution in [1.29, 1.82) is 0 Å². The van der Waals surface area contributed by atoms with Crippen LogP contribution in [0.5, 0.6) is 0 Å². The first-order valence-electron chi connectivity index (χ1n) is 5.53. The van der Waals surface area contributed by atoms with E-state index in [1.165, 1.54) is 9.89 Å². The van der Waals surface area contributed by atoms with Crippen molar-refractivity contribution in [3.8, 4) is 0 Å². The number of nitrogens with two attached hydrogens (primary N) is 1. The fourth-order valence-corrected chi connectivity index (χ4v) is 2.50. The van der Waals surface area contributed by atoms with Crippen LogP contribution in [-0.2, 0) is 6.42 Å². The number of hydrogen-bond donors (Lipinski definition) is 2. The molecular weight excluding hydrogens is 254 g/mol. The zero-order valence-corrected chi connectivity index (χ0v) is 11.7. The minimum atomic E-state index is -0.168. The Morgan fingerprint density at radius 1 is 1.59 bits per heavy atom. The summed E-state index contributed by atoms with van der Waals surface area (Å²) in [5.41, 5.74) is 8.80. The van der Waals surface area contributed by atoms with Crippen molar-refractivity contribution in [3.63, 3.8) is 0 Å². The first-order chi connectivity index (χ1) is 8.08. The number of nitrogens with one attached hydrogen (secondary N) is 1. The van der Waals surface area contributed by atoms with E-state index in [1.807, 2.05) is 18.4 Å². The molecule has 0 aliphatic rings. The van der Waals surface area contributed by atoms with Crippen molar-refractivity contribution in [2.24, 2.45) is 5.73 Å². The minimum Gasteiger partial charge on any atom is -0.375 e. The fraction of sp³-hybridized carbons (Fsp3) is 0.455. The van der Waals surface area contributed by atoms with Gasteiger partial charge < -0.3 is 5.73 Å². The molecule has 4 nitrogen and oxygen atoms in total. The number of nitrogens with zero attached hydrogens (tertiary/aromatic N) is 1. The van der Waals surface area contributed by atoms with Crippen molar-refractivity contribution in [1.82, 2.24) is 10.4 Å². The van der Waals surface area contributed by atoms with Crippen LogP contribution in [0.15, 0.2) is 11.4 Å². The molecule has 17 heavy (non-hydrogen) atoms. The second-order valence-electron chi connectivity index (χ2n) is 3.58. The summed E-state index contributed by atoms with van der Waals surface area (Å²) >= 11 is 6.42. The Kier molecular flexibility index (Phi) is 5.37. The lowest BCUT2D eigenvalue weighted by atomic mass is 10.2. The molecule has 0 saturated carbocycles. The summed E-state index contributed by atoms with van der Waals surface area (Å²) in [4.78, 5) is 13.1. The molecule has 0 radical (unpaired) electrons. The topological polar surface area (TPSA) is 58.4 Å². The zero-order chi connectivity index (χ0) is 12.8. The molecule has 1 amide bonds. The van der Waals surface area contributed by atoms with Gasteiger partial charge in [0.05, 0.1) is 5.56 Å². The first-order valence-corrected chi connectivity index (χ1v) is 6.82. The van der Waals surface area contributed by atoms with Gasteiger partial charge in [0.2, 0.25) is 0 Å². The van der Waals surface area contributed by atoms with Crippen molar-refractivity contribution >= 4 is 34.6 Å². The minimum absolute atomic E-state index is 0.168. The standard InChI is InChI=1S/C11H17N3OS2/c1-3-5-9-6-8(7-17-9)10(15)13-14(4-2)11(12)16/h6-7H,3-5H2,1-2H3,(H2,12,16)(H,13,15). The van der Waals surface area contributed by atoms with Crippen molar-refractivity contribution in [2.75, 3.05) is 6.54 Å². The molecule has 0 aliphatic heterocycles. The molecule has 1 heterocycles. The van der Waals surface area contributed by atoms with Gasteiger partial charge in [0.1, 0.15) is 0 Å². The van der Waals surface area contributed by atoms with Gasteiger partial charge in [-0.3, -0.25) is 15.2 Å². The third kappa shape index (κ3) is 3.98. The number of carbonyl (C=O) groups is 1. The quantitative estimate of drug-likeness (QED) is 0.649. The number of thiocarbonyl (C=S) groups is 1. The lowest BCUT2D eigenvalue weighted by Gasteiger charge is -2.20. The van der Waals surface area contributed by atoms with Crippen molar-refractivity contribution in [3.05, 3.63) is 21.9 Å². The number of aryl methyl sites for hydroxylation is 1. The molecule has 1 rings (SSSR count). The van der Waals surface area contributed by atoms with Crippen molar-refractivity contribution in [2.45, 2.75) is 26.7 Å². The van der Waals surface area contributed by atoms with Crippen LogP contribution in [0.3, 0.4) is 0 Å². The van der Waals surface area contributed by atoms with Crippen LogP contribution in [-0.4, -0.2) is 22.6 Å². The molecule has 0 aliphatic carbocycles. The Labute approximate surface area is 111 Å². The van der Waals surface area contributed by atoms with Gasteiger partial charge >= 0.3 is 0 Å². The summed E-state index contributed by atoms with van der Waals surface area (Å²) in [6.07, 6.45) is 2.08. The van der Waals surface area contributed by atoms with Gasteiger partial charge in [-0.2, -0.15) is 0 Å². The van der Waals surface area contributed by atoms with E-state index in [0.29, 0.717) is 12.1 Å². The Morgan fingerprint density at radius 2 is 2.29 bits per heavy atom. The summed E-state index contributed by atoms with van der Waals surface area (Å²) in [6.45, 7) is 4.54. The van der Waals surface area contributed by atoms with Crippen LogP contribution in [0.4, 0.5) is 0 Å². The van der Waals surface area contributed by atoms with E-state index in [-0.39, 0.29) is 11.0 Å². The molecule has 0 spiro atoms. The van der Waals surface area contributed by atoms with E-state index < -0.39 is 0 Å². The first kappa shape index (κ1) is 13.9. The maximum Gasteiger partial charge on any atom is 0.270 e. The molecule has 94 valence electrons. The molecule has 3 N–H and O–H groups in total. The zero-order valence-electron chi connectivity index (χ0n) is 10.0. The van der Waals surface area contributed by atoms with Gasteiger partial charge in [0, 0.05) is 16.8 Å². The summed E-state index contributed by atoms with van der Waals surface area (Å²) in [5.74, 6) is -0.168. The van der Waals surface area contributed by atoms with Gasteiger partial charge in [0.15, 0.2) is 5.11 Å². The van der Waals surface area contributed by atoms with E-state index in [1.54, 1.807) is 11.3 Å². The van der Waals surface area contributed by atoms with Gasteiger partial charge in [-0.05, 0) is 31.6 Å². The third-order valence-corrected chi connectivity index (χ3v) is 3.45. The second kappa shape index (κ2) is 6.56. The smallest absolute Gasteiger partial charge is 0.270 e. The monoisotopic (exact) mass is 271 g/mol. The Hall–Kier alpha value is -1.14. The van der Waals surface area contributed by atoms with E-state index in [9.17, 15) is 4.79 Å². The molecule has 0 fully saturated rings. The largest absolute Gasteiger partial charge is 0.375 e. The highest BCUT2D eigenvalue weighted by Gasteiger charge is 2.12. The van der Waals surface area contributed by atoms with Gasteiger partial charge in [-0.1, -0.05) is 13.3 Å². The maximum atomic E-state index is 11.9. The Balaban J connectivity index is 2.65. The molecule has 0 saturated heterocycles. The summed E-state index contributed by atoms with van der Waals surface area (Å²) < 4.78 is 0. The number of hydrogen-bond acceptors (Lipinski definition) is 3. The SMILES string of the molecule is CCCc1cc(C(=O)NN(CC)C(N)=S)cs1. The average Bonchev–Trinajstić information content (AvgIpc) is 2.74. The molecular formula is C11H17N3OS2. The van der Waals surface area contributed by atoms with E-state index in [0.717, 1.165) is 12.8 Å². The van der Waals surface area contributed by atoms with Crippen LogP contribution < -0.4 is 11.2 Å². The maximum absolute atomic E-state index is 11.9. The Morgan fingerprint density at radius 3 is 2.82 bits per heavy atom. The number of amides is 1. The molecule has 0 unspecified atom stereocenters. The van der Waals surface area contributed by atoms with Crippen LogP contribution in [0.2, 0.25) is 0 Å². The van der Waals surface area contributed by atoms with Crippen LogP contribution in [0.1, 0.15) is 35.5 Å². The second-order valence-corrected chi connectivity index (χ2v) is 4.99. The molecule has 1 aromatic heterocycles. The average molecular weight is 271 g/mol. The Bertz CT molecular complexity index is 403. The summed E-state index contributed by atoms with van der Waals surface area (Å²) in [7, 11) is 0. The normalized spacial score (nSPS) is 10.0. The van der Waals surface area contributed by atoms with E-state index >= 15 is 0 Å².